The number of fused-ring (bicyclic) bond motifs is 1. The van der Waals surface area contributed by atoms with Gasteiger partial charge in [0.25, 0.3) is 0 Å². The summed E-state index contributed by atoms with van der Waals surface area (Å²) in [5.41, 5.74) is 5.92. The predicted octanol–water partition coefficient (Wildman–Crippen LogP) is 4.60. The summed E-state index contributed by atoms with van der Waals surface area (Å²) in [5, 5.41) is 13.2. The molecule has 0 bridgehead atoms. The van der Waals surface area contributed by atoms with E-state index >= 15 is 0 Å². The maximum atomic E-state index is 9.04. The van der Waals surface area contributed by atoms with E-state index in [-0.39, 0.29) is 0 Å². The van der Waals surface area contributed by atoms with Crippen LogP contribution >= 0.6 is 11.3 Å². The predicted molar refractivity (Wildman–Crippen MR) is 88.7 cm³/mol. The lowest BCUT2D eigenvalue weighted by Crippen LogP contribution is -1.89. The first kappa shape index (κ1) is 12.8. The quantitative estimate of drug-likeness (QED) is 0.543. The van der Waals surface area contributed by atoms with Crippen molar-refractivity contribution in [1.29, 1.82) is 5.26 Å². The minimum absolute atomic E-state index is 0.655. The van der Waals surface area contributed by atoms with E-state index in [0.29, 0.717) is 5.56 Å². The van der Waals surface area contributed by atoms with Gasteiger partial charge in [0.05, 0.1) is 23.5 Å². The molecule has 0 amide bonds. The largest absolute Gasteiger partial charge is 0.300 e. The van der Waals surface area contributed by atoms with Gasteiger partial charge in [-0.15, -0.1) is 0 Å². The molecule has 0 saturated carbocycles. The summed E-state index contributed by atoms with van der Waals surface area (Å²) in [5.74, 6) is 0. The third-order valence-electron chi connectivity index (χ3n) is 3.66. The Morgan fingerprint density at radius 3 is 2.82 bits per heavy atom. The highest BCUT2D eigenvalue weighted by molar-refractivity contribution is 7.08. The highest BCUT2D eigenvalue weighted by Crippen LogP contribution is 2.26. The topological polar surface area (TPSA) is 41.1 Å². The number of pyridine rings is 1. The smallest absolute Gasteiger partial charge is 0.137 e. The summed E-state index contributed by atoms with van der Waals surface area (Å²) < 4.78 is 2.05. The Balaban J connectivity index is 1.85. The summed E-state index contributed by atoms with van der Waals surface area (Å²) in [6.45, 7) is 0. The van der Waals surface area contributed by atoms with Gasteiger partial charge in [-0.2, -0.15) is 16.6 Å². The monoisotopic (exact) mass is 301 g/mol. The Kier molecular flexibility index (Phi) is 2.99. The normalized spacial score (nSPS) is 10.7. The second-order valence-corrected chi connectivity index (χ2v) is 5.77. The molecule has 22 heavy (non-hydrogen) atoms. The molecule has 0 aliphatic rings. The van der Waals surface area contributed by atoms with Crippen molar-refractivity contribution in [3.05, 3.63) is 71.2 Å². The Morgan fingerprint density at radius 1 is 1.05 bits per heavy atom. The minimum Gasteiger partial charge on any atom is -0.300 e. The molecule has 4 heteroatoms. The van der Waals surface area contributed by atoms with Crippen molar-refractivity contribution in [1.82, 2.24) is 9.38 Å². The van der Waals surface area contributed by atoms with E-state index < -0.39 is 0 Å². The molecule has 0 atom stereocenters. The number of hydrogen-bond acceptors (Lipinski definition) is 3. The highest BCUT2D eigenvalue weighted by Gasteiger charge is 2.08. The first-order chi connectivity index (χ1) is 10.8. The van der Waals surface area contributed by atoms with Crippen molar-refractivity contribution in [2.75, 3.05) is 0 Å². The number of hydrogen-bond donors (Lipinski definition) is 0. The molecular weight excluding hydrogens is 290 g/mol. The molecule has 3 nitrogen and oxygen atoms in total. The van der Waals surface area contributed by atoms with Gasteiger partial charge in [-0.1, -0.05) is 12.1 Å². The fourth-order valence-electron chi connectivity index (χ4n) is 2.55. The summed E-state index contributed by atoms with van der Waals surface area (Å²) in [7, 11) is 0. The molecule has 104 valence electrons. The van der Waals surface area contributed by atoms with E-state index in [1.165, 1.54) is 5.56 Å². The van der Waals surface area contributed by atoms with E-state index in [1.807, 2.05) is 35.0 Å². The zero-order chi connectivity index (χ0) is 14.9. The third kappa shape index (κ3) is 2.09. The third-order valence-corrected chi connectivity index (χ3v) is 4.34. The Labute approximate surface area is 131 Å². The van der Waals surface area contributed by atoms with Crippen molar-refractivity contribution in [2.45, 2.75) is 0 Å². The molecule has 3 aromatic heterocycles. The summed E-state index contributed by atoms with van der Waals surface area (Å²) in [6, 6.07) is 16.0. The van der Waals surface area contributed by atoms with Crippen LogP contribution in [0.3, 0.4) is 0 Å². The number of rotatable bonds is 2. The number of aromatic nitrogens is 2. The molecule has 0 N–H and O–H groups in total. The molecule has 0 spiro atoms. The van der Waals surface area contributed by atoms with Gasteiger partial charge >= 0.3 is 0 Å². The molecule has 0 aliphatic carbocycles. The minimum atomic E-state index is 0.655. The second kappa shape index (κ2) is 5.14. The van der Waals surface area contributed by atoms with Gasteiger partial charge in [-0.3, -0.25) is 4.40 Å². The highest BCUT2D eigenvalue weighted by atomic mass is 32.1. The van der Waals surface area contributed by atoms with E-state index in [0.717, 1.165) is 22.5 Å². The maximum absolute atomic E-state index is 9.04. The van der Waals surface area contributed by atoms with Crippen LogP contribution in [0.1, 0.15) is 5.56 Å². The first-order valence-corrected chi connectivity index (χ1v) is 7.80. The average molecular weight is 301 g/mol. The van der Waals surface area contributed by atoms with Crippen LogP contribution in [0.2, 0.25) is 0 Å². The lowest BCUT2D eigenvalue weighted by molar-refractivity contribution is 1.19. The zero-order valence-electron chi connectivity index (χ0n) is 11.6. The number of nitriles is 1. The van der Waals surface area contributed by atoms with Crippen molar-refractivity contribution in [3.8, 4) is 28.5 Å². The van der Waals surface area contributed by atoms with Crippen molar-refractivity contribution in [3.63, 3.8) is 0 Å². The standard InChI is InChI=1S/C18H11N3S/c19-10-13-2-1-3-15(8-13)17-11-20-18-9-14(4-6-21(17)18)16-5-7-22-12-16/h1-9,11-12H. The number of benzene rings is 1. The summed E-state index contributed by atoms with van der Waals surface area (Å²) in [6.07, 6.45) is 3.88. The molecule has 4 aromatic rings. The lowest BCUT2D eigenvalue weighted by Gasteiger charge is -2.04. The summed E-state index contributed by atoms with van der Waals surface area (Å²) >= 11 is 1.69. The molecular formula is C18H11N3S. The Bertz CT molecular complexity index is 991. The first-order valence-electron chi connectivity index (χ1n) is 6.85. The van der Waals surface area contributed by atoms with Crippen LogP contribution in [-0.2, 0) is 0 Å². The van der Waals surface area contributed by atoms with E-state index in [4.69, 9.17) is 5.26 Å². The van der Waals surface area contributed by atoms with Crippen molar-refractivity contribution >= 4 is 17.0 Å². The SMILES string of the molecule is N#Cc1cccc(-c2cnc3cc(-c4ccsc4)ccn23)c1. The Morgan fingerprint density at radius 2 is 2.00 bits per heavy atom. The van der Waals surface area contributed by atoms with Gasteiger partial charge in [0.2, 0.25) is 0 Å². The Hall–Kier alpha value is -2.90. The van der Waals surface area contributed by atoms with Crippen LogP contribution in [0.15, 0.2) is 65.6 Å². The molecule has 1 aromatic carbocycles. The lowest BCUT2D eigenvalue weighted by atomic mass is 10.1. The number of nitrogens with zero attached hydrogens (tertiary/aromatic N) is 3. The van der Waals surface area contributed by atoms with Crippen LogP contribution in [0.4, 0.5) is 0 Å². The van der Waals surface area contributed by atoms with Gasteiger partial charge in [0.15, 0.2) is 0 Å². The van der Waals surface area contributed by atoms with Crippen LogP contribution in [0.25, 0.3) is 28.0 Å². The van der Waals surface area contributed by atoms with Crippen LogP contribution in [0, 0.1) is 11.3 Å². The van der Waals surface area contributed by atoms with E-state index in [9.17, 15) is 0 Å². The second-order valence-electron chi connectivity index (χ2n) is 4.99. The molecule has 0 unspecified atom stereocenters. The van der Waals surface area contributed by atoms with Gasteiger partial charge in [0, 0.05) is 11.8 Å². The van der Waals surface area contributed by atoms with Gasteiger partial charge in [0.1, 0.15) is 5.65 Å². The number of thiophene rings is 1. The fourth-order valence-corrected chi connectivity index (χ4v) is 3.22. The zero-order valence-corrected chi connectivity index (χ0v) is 12.4. The van der Waals surface area contributed by atoms with Crippen LogP contribution in [0.5, 0.6) is 0 Å². The van der Waals surface area contributed by atoms with Crippen molar-refractivity contribution < 1.29 is 0 Å². The van der Waals surface area contributed by atoms with E-state index in [2.05, 4.69) is 40.0 Å². The van der Waals surface area contributed by atoms with Crippen LogP contribution in [-0.4, -0.2) is 9.38 Å². The molecule has 3 heterocycles. The van der Waals surface area contributed by atoms with Gasteiger partial charge in [-0.25, -0.2) is 4.98 Å². The van der Waals surface area contributed by atoms with E-state index in [1.54, 1.807) is 17.4 Å². The van der Waals surface area contributed by atoms with Gasteiger partial charge in [-0.05, 0) is 52.2 Å². The average Bonchev–Trinajstić information content (AvgIpc) is 3.23. The number of imidazole rings is 1. The van der Waals surface area contributed by atoms with Gasteiger partial charge < -0.3 is 0 Å². The molecule has 0 fully saturated rings. The molecule has 0 saturated heterocycles. The summed E-state index contributed by atoms with van der Waals surface area (Å²) in [4.78, 5) is 4.50. The maximum Gasteiger partial charge on any atom is 0.137 e. The fraction of sp³-hybridized carbons (Fsp3) is 0. The molecule has 0 aliphatic heterocycles. The van der Waals surface area contributed by atoms with Crippen LogP contribution < -0.4 is 0 Å². The van der Waals surface area contributed by atoms with Crippen molar-refractivity contribution in [2.24, 2.45) is 0 Å². The molecule has 4 rings (SSSR count). The molecule has 0 radical (unpaired) electrons.